The van der Waals surface area contributed by atoms with Gasteiger partial charge >= 0.3 is 0 Å². The van der Waals surface area contributed by atoms with E-state index in [2.05, 4.69) is 22.1 Å². The van der Waals surface area contributed by atoms with E-state index < -0.39 is 6.10 Å². The quantitative estimate of drug-likeness (QED) is 0.803. The van der Waals surface area contributed by atoms with Gasteiger partial charge in [-0.05, 0) is 43.2 Å². The van der Waals surface area contributed by atoms with Crippen LogP contribution in [0.25, 0.3) is 0 Å². The molecule has 0 saturated heterocycles. The zero-order valence-electron chi connectivity index (χ0n) is 10.2. The van der Waals surface area contributed by atoms with Gasteiger partial charge in [0.05, 0.1) is 18.3 Å². The molecule has 1 aromatic rings. The van der Waals surface area contributed by atoms with Gasteiger partial charge < -0.3 is 15.2 Å². The Morgan fingerprint density at radius 1 is 1.50 bits per heavy atom. The molecule has 0 aliphatic carbocycles. The van der Waals surface area contributed by atoms with E-state index in [1.807, 2.05) is 20.8 Å². The fourth-order valence-electron chi connectivity index (χ4n) is 1.18. The van der Waals surface area contributed by atoms with Crippen LogP contribution in [0.1, 0.15) is 26.3 Å². The molecule has 92 valence electrons. The second-order valence-electron chi connectivity index (χ2n) is 4.84. The molecule has 0 aliphatic rings. The first-order valence-electron chi connectivity index (χ1n) is 5.51. The number of aliphatic hydroxyl groups is 1. The fourth-order valence-corrected chi connectivity index (χ4v) is 1.85. The van der Waals surface area contributed by atoms with Crippen molar-refractivity contribution in [2.24, 2.45) is 0 Å². The van der Waals surface area contributed by atoms with Gasteiger partial charge in [0, 0.05) is 13.1 Å². The largest absolute Gasteiger partial charge is 0.389 e. The smallest absolute Gasteiger partial charge is 0.0898 e. The Morgan fingerprint density at radius 3 is 2.81 bits per heavy atom. The molecule has 2 N–H and O–H groups in total. The number of nitrogens with one attached hydrogen (secondary N) is 1. The van der Waals surface area contributed by atoms with E-state index >= 15 is 0 Å². The van der Waals surface area contributed by atoms with Crippen LogP contribution in [0.3, 0.4) is 0 Å². The van der Waals surface area contributed by atoms with Gasteiger partial charge in [-0.15, -0.1) is 0 Å². The molecule has 0 saturated carbocycles. The molecule has 4 heteroatoms. The van der Waals surface area contributed by atoms with Gasteiger partial charge in [0.25, 0.3) is 0 Å². The van der Waals surface area contributed by atoms with Crippen LogP contribution in [0.2, 0.25) is 0 Å². The summed E-state index contributed by atoms with van der Waals surface area (Å²) >= 11 is 1.68. The Bertz CT molecular complexity index is 280. The van der Waals surface area contributed by atoms with Gasteiger partial charge in [-0.2, -0.15) is 11.3 Å². The molecule has 0 amide bonds. The first-order chi connectivity index (χ1) is 7.47. The molecule has 1 rings (SSSR count). The molecular weight excluding hydrogens is 222 g/mol. The Kier molecular flexibility index (Phi) is 5.41. The molecule has 0 aliphatic heterocycles. The second-order valence-corrected chi connectivity index (χ2v) is 5.62. The van der Waals surface area contributed by atoms with E-state index in [4.69, 9.17) is 4.74 Å². The standard InChI is InChI=1S/C12H21NO2S/c1-12(2,3)15-8-11(14)7-13-6-10-4-5-16-9-10/h4-5,9,11,13-14H,6-8H2,1-3H3. The van der Waals surface area contributed by atoms with Gasteiger partial charge in [-0.1, -0.05) is 0 Å². The van der Waals surface area contributed by atoms with Gasteiger partial charge in [0.2, 0.25) is 0 Å². The number of hydrogen-bond acceptors (Lipinski definition) is 4. The van der Waals surface area contributed by atoms with Gasteiger partial charge in [-0.3, -0.25) is 0 Å². The van der Waals surface area contributed by atoms with Crippen LogP contribution in [0, 0.1) is 0 Å². The summed E-state index contributed by atoms with van der Waals surface area (Å²) in [5.41, 5.74) is 1.07. The highest BCUT2D eigenvalue weighted by molar-refractivity contribution is 7.07. The van der Waals surface area contributed by atoms with E-state index in [-0.39, 0.29) is 5.60 Å². The molecule has 1 aromatic heterocycles. The van der Waals surface area contributed by atoms with Gasteiger partial charge in [-0.25, -0.2) is 0 Å². The Labute approximate surface area is 101 Å². The number of ether oxygens (including phenoxy) is 1. The summed E-state index contributed by atoms with van der Waals surface area (Å²) < 4.78 is 5.49. The number of rotatable bonds is 6. The van der Waals surface area contributed by atoms with Crippen molar-refractivity contribution in [3.05, 3.63) is 22.4 Å². The summed E-state index contributed by atoms with van der Waals surface area (Å²) in [5.74, 6) is 0. The topological polar surface area (TPSA) is 41.5 Å². The summed E-state index contributed by atoms with van der Waals surface area (Å²) in [4.78, 5) is 0. The average Bonchev–Trinajstić information content (AvgIpc) is 2.66. The van der Waals surface area contributed by atoms with E-state index in [0.29, 0.717) is 13.2 Å². The molecule has 0 aromatic carbocycles. The maximum Gasteiger partial charge on any atom is 0.0898 e. The number of thiophene rings is 1. The van der Waals surface area contributed by atoms with Crippen LogP contribution in [0.5, 0.6) is 0 Å². The molecule has 0 spiro atoms. The number of aliphatic hydroxyl groups excluding tert-OH is 1. The van der Waals surface area contributed by atoms with Crippen LogP contribution in [0.4, 0.5) is 0 Å². The zero-order valence-corrected chi connectivity index (χ0v) is 11.0. The number of hydrogen-bond donors (Lipinski definition) is 2. The summed E-state index contributed by atoms with van der Waals surface area (Å²) in [7, 11) is 0. The van der Waals surface area contributed by atoms with E-state index in [9.17, 15) is 5.11 Å². The lowest BCUT2D eigenvalue weighted by atomic mass is 10.2. The first-order valence-corrected chi connectivity index (χ1v) is 6.45. The molecule has 0 fully saturated rings. The van der Waals surface area contributed by atoms with Crippen LogP contribution >= 0.6 is 11.3 Å². The van der Waals surface area contributed by atoms with Crippen molar-refractivity contribution >= 4 is 11.3 Å². The van der Waals surface area contributed by atoms with Crippen LogP contribution in [-0.2, 0) is 11.3 Å². The molecule has 1 unspecified atom stereocenters. The van der Waals surface area contributed by atoms with Crippen molar-refractivity contribution < 1.29 is 9.84 Å². The van der Waals surface area contributed by atoms with Crippen molar-refractivity contribution in [1.82, 2.24) is 5.32 Å². The molecule has 16 heavy (non-hydrogen) atoms. The molecular formula is C12H21NO2S. The maximum atomic E-state index is 9.66. The second kappa shape index (κ2) is 6.35. The highest BCUT2D eigenvalue weighted by Gasteiger charge is 2.13. The van der Waals surface area contributed by atoms with Gasteiger partial charge in [0.1, 0.15) is 0 Å². The minimum Gasteiger partial charge on any atom is -0.389 e. The van der Waals surface area contributed by atoms with Crippen molar-refractivity contribution in [2.45, 2.75) is 39.0 Å². The summed E-state index contributed by atoms with van der Waals surface area (Å²) in [6, 6.07) is 2.08. The predicted octanol–water partition coefficient (Wildman–Crippen LogP) is 2.01. The first kappa shape index (κ1) is 13.6. The summed E-state index contributed by atoms with van der Waals surface area (Å²) in [6.45, 7) is 7.69. The zero-order chi connectivity index (χ0) is 12.0. The third-order valence-corrected chi connectivity index (χ3v) is 2.73. The molecule has 3 nitrogen and oxygen atoms in total. The SMILES string of the molecule is CC(C)(C)OCC(O)CNCc1ccsc1. The minimum atomic E-state index is -0.446. The van der Waals surface area contributed by atoms with E-state index in [1.165, 1.54) is 5.56 Å². The van der Waals surface area contributed by atoms with Gasteiger partial charge in [0.15, 0.2) is 0 Å². The summed E-state index contributed by atoms with van der Waals surface area (Å²) in [5, 5.41) is 17.0. The molecule has 1 heterocycles. The predicted molar refractivity (Wildman–Crippen MR) is 67.7 cm³/mol. The summed E-state index contributed by atoms with van der Waals surface area (Å²) in [6.07, 6.45) is -0.446. The Hall–Kier alpha value is -0.420. The lowest BCUT2D eigenvalue weighted by Gasteiger charge is -2.22. The highest BCUT2D eigenvalue weighted by atomic mass is 32.1. The Morgan fingerprint density at radius 2 is 2.25 bits per heavy atom. The minimum absolute atomic E-state index is 0.186. The maximum absolute atomic E-state index is 9.66. The van der Waals surface area contributed by atoms with Crippen LogP contribution in [0.15, 0.2) is 16.8 Å². The third-order valence-electron chi connectivity index (χ3n) is 2.00. The van der Waals surface area contributed by atoms with Crippen molar-refractivity contribution in [1.29, 1.82) is 0 Å². The lowest BCUT2D eigenvalue weighted by Crippen LogP contribution is -2.33. The van der Waals surface area contributed by atoms with Crippen LogP contribution < -0.4 is 5.32 Å². The third kappa shape index (κ3) is 6.23. The molecule has 0 bridgehead atoms. The lowest BCUT2D eigenvalue weighted by molar-refractivity contribution is -0.0479. The average molecular weight is 243 g/mol. The van der Waals surface area contributed by atoms with Crippen LogP contribution in [-0.4, -0.2) is 30.0 Å². The van der Waals surface area contributed by atoms with E-state index in [1.54, 1.807) is 11.3 Å². The Balaban J connectivity index is 2.09. The molecule has 1 atom stereocenters. The van der Waals surface area contributed by atoms with Crippen molar-refractivity contribution in [2.75, 3.05) is 13.2 Å². The van der Waals surface area contributed by atoms with Crippen molar-refractivity contribution in [3.8, 4) is 0 Å². The molecule has 0 radical (unpaired) electrons. The fraction of sp³-hybridized carbons (Fsp3) is 0.667. The van der Waals surface area contributed by atoms with E-state index in [0.717, 1.165) is 6.54 Å². The monoisotopic (exact) mass is 243 g/mol. The normalized spacial score (nSPS) is 14.0. The van der Waals surface area contributed by atoms with Crippen molar-refractivity contribution in [3.63, 3.8) is 0 Å². The highest BCUT2D eigenvalue weighted by Crippen LogP contribution is 2.07.